The van der Waals surface area contributed by atoms with Crippen molar-refractivity contribution in [3.8, 4) is 0 Å². The fourth-order valence-corrected chi connectivity index (χ4v) is 1.36. The highest BCUT2D eigenvalue weighted by Crippen LogP contribution is 2.10. The van der Waals surface area contributed by atoms with Gasteiger partial charge in [-0.3, -0.25) is 4.79 Å². The summed E-state index contributed by atoms with van der Waals surface area (Å²) in [6.45, 7) is 3.56. The molecule has 0 aliphatic carbocycles. The van der Waals surface area contributed by atoms with E-state index in [0.29, 0.717) is 5.57 Å². The Kier molecular flexibility index (Phi) is 3.90. The average molecular weight is 209 g/mol. The molecule has 1 aromatic rings. The molecule has 0 heterocycles. The number of carbonyl (C=O) groups is 1. The Balaban J connectivity index is 2.95. The maximum atomic E-state index is 11.1. The van der Waals surface area contributed by atoms with E-state index in [4.69, 9.17) is 11.6 Å². The lowest BCUT2D eigenvalue weighted by Gasteiger charge is -1.99. The van der Waals surface area contributed by atoms with Gasteiger partial charge in [0, 0.05) is 5.57 Å². The highest BCUT2D eigenvalue weighted by atomic mass is 35.5. The van der Waals surface area contributed by atoms with Crippen LogP contribution in [0.25, 0.3) is 6.08 Å². The highest BCUT2D eigenvalue weighted by molar-refractivity contribution is 6.23. The summed E-state index contributed by atoms with van der Waals surface area (Å²) in [6.07, 6.45) is 1.83. The smallest absolute Gasteiger partial charge is 0.157 e. The van der Waals surface area contributed by atoms with Crippen LogP contribution in [0, 0.1) is 6.92 Å². The first-order valence-corrected chi connectivity index (χ1v) is 5.01. The van der Waals surface area contributed by atoms with Crippen LogP contribution < -0.4 is 0 Å². The molecule has 0 atom stereocenters. The van der Waals surface area contributed by atoms with Crippen molar-refractivity contribution in [3.05, 3.63) is 41.0 Å². The Labute approximate surface area is 89.4 Å². The van der Waals surface area contributed by atoms with Crippen molar-refractivity contribution in [1.29, 1.82) is 0 Å². The van der Waals surface area contributed by atoms with Gasteiger partial charge in [0.1, 0.15) is 0 Å². The van der Waals surface area contributed by atoms with Crippen molar-refractivity contribution in [3.63, 3.8) is 0 Å². The van der Waals surface area contributed by atoms with Gasteiger partial charge in [-0.05, 0) is 25.5 Å². The number of hydrogen-bond acceptors (Lipinski definition) is 1. The number of allylic oxidation sites excluding steroid dienone is 1. The molecule has 0 bridgehead atoms. The van der Waals surface area contributed by atoms with Gasteiger partial charge in [-0.15, -0.1) is 11.6 Å². The van der Waals surface area contributed by atoms with Gasteiger partial charge in [0.2, 0.25) is 0 Å². The number of Topliss-reactive ketones (excluding diaryl/α,β-unsaturated/α-hetero) is 1. The van der Waals surface area contributed by atoms with Crippen LogP contribution in [0.5, 0.6) is 0 Å². The zero-order valence-corrected chi connectivity index (χ0v) is 9.14. The Morgan fingerprint density at radius 1 is 1.36 bits per heavy atom. The summed E-state index contributed by atoms with van der Waals surface area (Å²) < 4.78 is 0. The number of benzene rings is 1. The normalized spacial score (nSPS) is 11.5. The topological polar surface area (TPSA) is 17.1 Å². The Morgan fingerprint density at radius 2 is 1.93 bits per heavy atom. The van der Waals surface area contributed by atoms with Crippen molar-refractivity contribution in [1.82, 2.24) is 0 Å². The molecule has 74 valence electrons. The third-order valence-electron chi connectivity index (χ3n) is 2.01. The standard InChI is InChI=1S/C12H13ClO/c1-9-3-5-11(6-4-9)7-12(8-13)10(2)14/h3-7H,8H2,1-2H3/b12-7+. The van der Waals surface area contributed by atoms with Gasteiger partial charge in [-0.1, -0.05) is 29.8 Å². The Hall–Kier alpha value is -1.08. The molecule has 14 heavy (non-hydrogen) atoms. The van der Waals surface area contributed by atoms with Gasteiger partial charge in [-0.25, -0.2) is 0 Å². The van der Waals surface area contributed by atoms with E-state index < -0.39 is 0 Å². The van der Waals surface area contributed by atoms with E-state index in [1.807, 2.05) is 37.3 Å². The summed E-state index contributed by atoms with van der Waals surface area (Å²) in [5.41, 5.74) is 2.87. The Morgan fingerprint density at radius 3 is 2.36 bits per heavy atom. The lowest BCUT2D eigenvalue weighted by Crippen LogP contribution is -1.97. The maximum Gasteiger partial charge on any atom is 0.157 e. The van der Waals surface area contributed by atoms with Crippen LogP contribution in [0.15, 0.2) is 29.8 Å². The fourth-order valence-electron chi connectivity index (χ4n) is 1.10. The van der Waals surface area contributed by atoms with Gasteiger partial charge < -0.3 is 0 Å². The molecule has 1 aromatic carbocycles. The van der Waals surface area contributed by atoms with Crippen molar-refractivity contribution < 1.29 is 4.79 Å². The van der Waals surface area contributed by atoms with Gasteiger partial charge in [0.15, 0.2) is 5.78 Å². The van der Waals surface area contributed by atoms with Crippen LogP contribution in [0.3, 0.4) is 0 Å². The molecule has 0 saturated carbocycles. The van der Waals surface area contributed by atoms with Gasteiger partial charge in [-0.2, -0.15) is 0 Å². The van der Waals surface area contributed by atoms with E-state index in [2.05, 4.69) is 0 Å². The number of rotatable bonds is 3. The zero-order valence-electron chi connectivity index (χ0n) is 8.38. The molecule has 0 fully saturated rings. The predicted octanol–water partition coefficient (Wildman–Crippen LogP) is 3.21. The molecule has 1 nitrogen and oxygen atoms in total. The van der Waals surface area contributed by atoms with E-state index in [-0.39, 0.29) is 11.7 Å². The van der Waals surface area contributed by atoms with E-state index in [1.165, 1.54) is 12.5 Å². The lowest BCUT2D eigenvalue weighted by atomic mass is 10.1. The van der Waals surface area contributed by atoms with Crippen LogP contribution in [0.4, 0.5) is 0 Å². The summed E-state index contributed by atoms with van der Waals surface area (Å²) in [5.74, 6) is 0.295. The van der Waals surface area contributed by atoms with Crippen LogP contribution in [0.2, 0.25) is 0 Å². The fraction of sp³-hybridized carbons (Fsp3) is 0.250. The quantitative estimate of drug-likeness (QED) is 0.551. The molecule has 0 spiro atoms. The zero-order chi connectivity index (χ0) is 10.6. The van der Waals surface area contributed by atoms with Gasteiger partial charge in [0.05, 0.1) is 5.88 Å². The van der Waals surface area contributed by atoms with E-state index in [0.717, 1.165) is 5.56 Å². The second kappa shape index (κ2) is 4.97. The average Bonchev–Trinajstić information content (AvgIpc) is 2.16. The maximum absolute atomic E-state index is 11.1. The SMILES string of the molecule is CC(=O)/C(=C/c1ccc(C)cc1)CCl. The summed E-state index contributed by atoms with van der Waals surface area (Å²) in [7, 11) is 0. The first kappa shape index (κ1) is 11.0. The number of aryl methyl sites for hydroxylation is 1. The molecule has 0 aromatic heterocycles. The van der Waals surface area contributed by atoms with Crippen molar-refractivity contribution in [2.45, 2.75) is 13.8 Å². The molecular formula is C12H13ClO. The molecule has 0 saturated heterocycles. The monoisotopic (exact) mass is 208 g/mol. The predicted molar refractivity (Wildman–Crippen MR) is 60.6 cm³/mol. The highest BCUT2D eigenvalue weighted by Gasteiger charge is 2.01. The number of hydrogen-bond donors (Lipinski definition) is 0. The molecule has 1 rings (SSSR count). The number of carbonyl (C=O) groups excluding carboxylic acids is 1. The van der Waals surface area contributed by atoms with Gasteiger partial charge >= 0.3 is 0 Å². The van der Waals surface area contributed by atoms with Crippen molar-refractivity contribution in [2.24, 2.45) is 0 Å². The van der Waals surface area contributed by atoms with E-state index >= 15 is 0 Å². The number of halogens is 1. The third kappa shape index (κ3) is 3.00. The minimum absolute atomic E-state index is 0.0283. The molecule has 2 heteroatoms. The molecular weight excluding hydrogens is 196 g/mol. The first-order chi connectivity index (χ1) is 6.63. The van der Waals surface area contributed by atoms with Crippen LogP contribution in [-0.4, -0.2) is 11.7 Å². The lowest BCUT2D eigenvalue weighted by molar-refractivity contribution is -0.113. The number of alkyl halides is 1. The van der Waals surface area contributed by atoms with Crippen LogP contribution in [-0.2, 0) is 4.79 Å². The second-order valence-electron chi connectivity index (χ2n) is 3.27. The van der Waals surface area contributed by atoms with E-state index in [9.17, 15) is 4.79 Å². The summed E-state index contributed by atoms with van der Waals surface area (Å²) in [6, 6.07) is 7.98. The molecule has 0 aliphatic heterocycles. The van der Waals surface area contributed by atoms with Crippen molar-refractivity contribution in [2.75, 3.05) is 5.88 Å². The molecule has 0 N–H and O–H groups in total. The van der Waals surface area contributed by atoms with Crippen LogP contribution in [0.1, 0.15) is 18.1 Å². The molecule has 0 amide bonds. The molecule has 0 aliphatic rings. The first-order valence-electron chi connectivity index (χ1n) is 4.47. The number of ketones is 1. The third-order valence-corrected chi connectivity index (χ3v) is 2.30. The Bertz CT molecular complexity index is 349. The minimum Gasteiger partial charge on any atom is -0.295 e. The largest absolute Gasteiger partial charge is 0.295 e. The summed E-state index contributed by atoms with van der Waals surface area (Å²) in [5, 5.41) is 0. The minimum atomic E-state index is 0.0283. The van der Waals surface area contributed by atoms with Crippen molar-refractivity contribution >= 4 is 23.5 Å². The van der Waals surface area contributed by atoms with Gasteiger partial charge in [0.25, 0.3) is 0 Å². The van der Waals surface area contributed by atoms with E-state index in [1.54, 1.807) is 0 Å². The second-order valence-corrected chi connectivity index (χ2v) is 3.54. The summed E-state index contributed by atoms with van der Waals surface area (Å²) in [4.78, 5) is 11.1. The molecule has 0 unspecified atom stereocenters. The van der Waals surface area contributed by atoms with Crippen LogP contribution >= 0.6 is 11.6 Å². The summed E-state index contributed by atoms with van der Waals surface area (Å²) >= 11 is 5.65. The molecule has 0 radical (unpaired) electrons.